The number of phenols is 1. The molecule has 0 amide bonds. The topological polar surface area (TPSA) is 80.0 Å². The number of benzene rings is 1. The number of piperidine rings is 1. The number of anilines is 1. The number of hydrogen-bond donors (Lipinski definition) is 1. The fourth-order valence-electron chi connectivity index (χ4n) is 3.86. The Kier molecular flexibility index (Phi) is 4.51. The third-order valence-electron chi connectivity index (χ3n) is 5.01. The van der Waals surface area contributed by atoms with Crippen LogP contribution in [0, 0.1) is 11.8 Å². The van der Waals surface area contributed by atoms with Gasteiger partial charge in [-0.3, -0.25) is 4.68 Å². The van der Waals surface area contributed by atoms with E-state index in [0.29, 0.717) is 29.0 Å². The standard InChI is InChI=1S/C20H24N6O/c1-13-6-14(2)11-26(10-13)20-21-9-18(23-24-20)17-5-4-15(7-19(17)27)16-8-22-25(3)12-16/h4-5,7-9,12-14,27H,6,10-11H2,1-3H3. The molecule has 3 aromatic rings. The average Bonchev–Trinajstić information content (AvgIpc) is 3.07. The summed E-state index contributed by atoms with van der Waals surface area (Å²) in [6.45, 7) is 6.42. The molecule has 1 saturated heterocycles. The van der Waals surface area contributed by atoms with Crippen LogP contribution in [-0.2, 0) is 7.05 Å². The van der Waals surface area contributed by atoms with Crippen LogP contribution in [0.5, 0.6) is 5.75 Å². The minimum Gasteiger partial charge on any atom is -0.507 e. The summed E-state index contributed by atoms with van der Waals surface area (Å²) in [5, 5.41) is 23.3. The van der Waals surface area contributed by atoms with Gasteiger partial charge in [0.2, 0.25) is 5.95 Å². The lowest BCUT2D eigenvalue weighted by molar-refractivity contribution is 0.353. The van der Waals surface area contributed by atoms with Crippen molar-refractivity contribution in [2.75, 3.05) is 18.0 Å². The van der Waals surface area contributed by atoms with Crippen molar-refractivity contribution in [3.8, 4) is 28.1 Å². The van der Waals surface area contributed by atoms with Crippen molar-refractivity contribution < 1.29 is 5.11 Å². The van der Waals surface area contributed by atoms with Crippen molar-refractivity contribution in [3.05, 3.63) is 36.8 Å². The predicted molar refractivity (Wildman–Crippen MR) is 104 cm³/mol. The van der Waals surface area contributed by atoms with Gasteiger partial charge in [-0.05, 0) is 36.0 Å². The lowest BCUT2D eigenvalue weighted by Gasteiger charge is -2.34. The maximum atomic E-state index is 10.5. The van der Waals surface area contributed by atoms with Crippen LogP contribution in [0.25, 0.3) is 22.4 Å². The smallest absolute Gasteiger partial charge is 0.245 e. The summed E-state index contributed by atoms with van der Waals surface area (Å²) >= 11 is 0. The Morgan fingerprint density at radius 1 is 1.04 bits per heavy atom. The molecular formula is C20H24N6O. The number of aryl methyl sites for hydroxylation is 1. The second kappa shape index (κ2) is 6.98. The van der Waals surface area contributed by atoms with Gasteiger partial charge in [-0.15, -0.1) is 10.2 Å². The van der Waals surface area contributed by atoms with E-state index in [0.717, 1.165) is 24.2 Å². The van der Waals surface area contributed by atoms with Gasteiger partial charge < -0.3 is 10.0 Å². The first-order valence-electron chi connectivity index (χ1n) is 9.26. The van der Waals surface area contributed by atoms with Crippen LogP contribution in [0.3, 0.4) is 0 Å². The lowest BCUT2D eigenvalue weighted by atomic mass is 9.92. The highest BCUT2D eigenvalue weighted by atomic mass is 16.3. The van der Waals surface area contributed by atoms with Gasteiger partial charge in [0.1, 0.15) is 11.4 Å². The van der Waals surface area contributed by atoms with Crippen LogP contribution >= 0.6 is 0 Å². The summed E-state index contributed by atoms with van der Waals surface area (Å²) in [7, 11) is 1.87. The van der Waals surface area contributed by atoms with E-state index in [4.69, 9.17) is 0 Å². The molecule has 1 aromatic carbocycles. The van der Waals surface area contributed by atoms with Crippen LogP contribution in [-0.4, -0.2) is 43.2 Å². The average molecular weight is 364 g/mol. The molecule has 0 spiro atoms. The van der Waals surface area contributed by atoms with E-state index in [9.17, 15) is 5.11 Å². The maximum absolute atomic E-state index is 10.5. The van der Waals surface area contributed by atoms with Crippen LogP contribution in [0.1, 0.15) is 20.3 Å². The van der Waals surface area contributed by atoms with Gasteiger partial charge in [0.25, 0.3) is 0 Å². The van der Waals surface area contributed by atoms with Gasteiger partial charge in [0, 0.05) is 37.5 Å². The van der Waals surface area contributed by atoms with Gasteiger partial charge in [0.15, 0.2) is 0 Å². The largest absolute Gasteiger partial charge is 0.507 e. The summed E-state index contributed by atoms with van der Waals surface area (Å²) in [4.78, 5) is 6.70. The van der Waals surface area contributed by atoms with E-state index < -0.39 is 0 Å². The molecular weight excluding hydrogens is 340 g/mol. The molecule has 0 aliphatic carbocycles. The first-order chi connectivity index (χ1) is 13.0. The number of aromatic hydroxyl groups is 1. The molecule has 0 saturated carbocycles. The molecule has 0 radical (unpaired) electrons. The van der Waals surface area contributed by atoms with Crippen LogP contribution in [0.15, 0.2) is 36.8 Å². The van der Waals surface area contributed by atoms with Gasteiger partial charge in [-0.2, -0.15) is 5.10 Å². The number of phenolic OH excluding ortho intramolecular Hbond substituents is 1. The summed E-state index contributed by atoms with van der Waals surface area (Å²) in [6, 6.07) is 5.50. The molecule has 7 nitrogen and oxygen atoms in total. The summed E-state index contributed by atoms with van der Waals surface area (Å²) in [5.74, 6) is 2.06. The molecule has 0 bridgehead atoms. The van der Waals surface area contributed by atoms with Crippen LogP contribution in [0.2, 0.25) is 0 Å². The molecule has 1 aliphatic heterocycles. The first-order valence-corrected chi connectivity index (χ1v) is 9.26. The Bertz CT molecular complexity index is 926. The second-order valence-electron chi connectivity index (χ2n) is 7.63. The fourth-order valence-corrected chi connectivity index (χ4v) is 3.86. The summed E-state index contributed by atoms with van der Waals surface area (Å²) < 4.78 is 1.73. The Labute approximate surface area is 158 Å². The monoisotopic (exact) mass is 364 g/mol. The molecule has 140 valence electrons. The maximum Gasteiger partial charge on any atom is 0.245 e. The van der Waals surface area contributed by atoms with Crippen molar-refractivity contribution in [2.24, 2.45) is 18.9 Å². The molecule has 7 heteroatoms. The minimum atomic E-state index is 0.153. The fraction of sp³-hybridized carbons (Fsp3) is 0.400. The molecule has 1 fully saturated rings. The Morgan fingerprint density at radius 2 is 1.81 bits per heavy atom. The second-order valence-corrected chi connectivity index (χ2v) is 7.63. The highest BCUT2D eigenvalue weighted by molar-refractivity contribution is 5.73. The zero-order chi connectivity index (χ0) is 19.0. The van der Waals surface area contributed by atoms with Crippen molar-refractivity contribution in [2.45, 2.75) is 20.3 Å². The first kappa shape index (κ1) is 17.5. The quantitative estimate of drug-likeness (QED) is 0.769. The molecule has 27 heavy (non-hydrogen) atoms. The summed E-state index contributed by atoms with van der Waals surface area (Å²) in [6.07, 6.45) is 6.60. The Hall–Kier alpha value is -2.96. The van der Waals surface area contributed by atoms with Gasteiger partial charge in [0.05, 0.1) is 12.4 Å². The molecule has 4 rings (SSSR count). The number of hydrogen-bond acceptors (Lipinski definition) is 6. The lowest BCUT2D eigenvalue weighted by Crippen LogP contribution is -2.39. The molecule has 1 N–H and O–H groups in total. The van der Waals surface area contributed by atoms with Crippen LogP contribution in [0.4, 0.5) is 5.95 Å². The Morgan fingerprint density at radius 3 is 2.41 bits per heavy atom. The van der Waals surface area contributed by atoms with Gasteiger partial charge in [-0.1, -0.05) is 19.9 Å². The molecule has 1 aliphatic rings. The van der Waals surface area contributed by atoms with E-state index in [2.05, 4.69) is 39.0 Å². The van der Waals surface area contributed by atoms with Gasteiger partial charge in [-0.25, -0.2) is 4.98 Å². The molecule has 2 atom stereocenters. The van der Waals surface area contributed by atoms with Crippen LogP contribution < -0.4 is 4.90 Å². The minimum absolute atomic E-state index is 0.153. The van der Waals surface area contributed by atoms with Crippen molar-refractivity contribution in [1.82, 2.24) is 25.0 Å². The number of rotatable bonds is 3. The van der Waals surface area contributed by atoms with Gasteiger partial charge >= 0.3 is 0 Å². The van der Waals surface area contributed by atoms with E-state index in [-0.39, 0.29) is 5.75 Å². The SMILES string of the molecule is CC1CC(C)CN(c2ncc(-c3ccc(-c4cnn(C)c4)cc3O)nn2)C1. The van der Waals surface area contributed by atoms with Crippen molar-refractivity contribution >= 4 is 5.95 Å². The molecule has 3 heterocycles. The number of aromatic nitrogens is 5. The van der Waals surface area contributed by atoms with E-state index in [1.54, 1.807) is 23.1 Å². The highest BCUT2D eigenvalue weighted by Crippen LogP contribution is 2.32. The van der Waals surface area contributed by atoms with Crippen molar-refractivity contribution in [3.63, 3.8) is 0 Å². The Balaban J connectivity index is 1.57. The zero-order valence-corrected chi connectivity index (χ0v) is 15.9. The van der Waals surface area contributed by atoms with E-state index in [1.165, 1.54) is 6.42 Å². The molecule has 2 unspecified atom stereocenters. The van der Waals surface area contributed by atoms with E-state index in [1.807, 2.05) is 25.4 Å². The number of nitrogens with zero attached hydrogens (tertiary/aromatic N) is 6. The molecule has 2 aromatic heterocycles. The third-order valence-corrected chi connectivity index (χ3v) is 5.01. The third kappa shape index (κ3) is 3.63. The van der Waals surface area contributed by atoms with E-state index >= 15 is 0 Å². The normalized spacial score (nSPS) is 20.0. The predicted octanol–water partition coefficient (Wildman–Crippen LogP) is 3.13. The zero-order valence-electron chi connectivity index (χ0n) is 15.9. The highest BCUT2D eigenvalue weighted by Gasteiger charge is 2.24. The summed E-state index contributed by atoms with van der Waals surface area (Å²) in [5.41, 5.74) is 3.03. The van der Waals surface area contributed by atoms with Crippen molar-refractivity contribution in [1.29, 1.82) is 0 Å².